The predicted molar refractivity (Wildman–Crippen MR) is 145 cm³/mol. The topological polar surface area (TPSA) is 148 Å². The first kappa shape index (κ1) is 31.4. The van der Waals surface area contributed by atoms with Gasteiger partial charge in [-0.1, -0.05) is 23.7 Å². The summed E-state index contributed by atoms with van der Waals surface area (Å²) in [6.07, 6.45) is -2.44. The van der Waals surface area contributed by atoms with Crippen molar-refractivity contribution in [2.75, 3.05) is 31.8 Å². The fraction of sp³-hybridized carbons (Fsp3) is 0.240. The zero-order valence-corrected chi connectivity index (χ0v) is 23.2. The highest BCUT2D eigenvalue weighted by atomic mass is 35.5. The Kier molecular flexibility index (Phi) is 10.4. The monoisotopic (exact) mass is 615 g/mol. The van der Waals surface area contributed by atoms with Crippen LogP contribution < -0.4 is 30.1 Å². The number of alkyl halides is 3. The molecule has 11 nitrogen and oxygen atoms in total. The van der Waals surface area contributed by atoms with Gasteiger partial charge in [0.1, 0.15) is 29.5 Å². The Hall–Kier alpha value is -4.08. The van der Waals surface area contributed by atoms with Crippen LogP contribution in [0.15, 0.2) is 54.7 Å². The molecule has 0 aliphatic heterocycles. The molecule has 0 atom stereocenters. The molecule has 1 heterocycles. The summed E-state index contributed by atoms with van der Waals surface area (Å²) >= 11 is 5.77. The van der Waals surface area contributed by atoms with E-state index in [1.807, 2.05) is 0 Å². The molecule has 0 spiro atoms. The van der Waals surface area contributed by atoms with E-state index in [2.05, 4.69) is 25.7 Å². The maximum Gasteiger partial charge on any atom is 0.417 e. The van der Waals surface area contributed by atoms with Crippen LogP contribution in [0.1, 0.15) is 21.6 Å². The molecule has 0 saturated heterocycles. The zero-order valence-electron chi connectivity index (χ0n) is 21.6. The fourth-order valence-electron chi connectivity index (χ4n) is 3.26. The lowest BCUT2D eigenvalue weighted by Gasteiger charge is -2.17. The Morgan fingerprint density at radius 3 is 2.39 bits per heavy atom. The molecular weight excluding hydrogens is 591 g/mol. The van der Waals surface area contributed by atoms with Gasteiger partial charge < -0.3 is 25.4 Å². The lowest BCUT2D eigenvalue weighted by atomic mass is 10.1. The van der Waals surface area contributed by atoms with Gasteiger partial charge in [-0.2, -0.15) is 13.2 Å². The smallest absolute Gasteiger partial charge is 0.417 e. The molecule has 0 aliphatic rings. The van der Waals surface area contributed by atoms with Gasteiger partial charge in [-0.05, 0) is 29.8 Å². The Balaban J connectivity index is 1.64. The van der Waals surface area contributed by atoms with Crippen molar-refractivity contribution in [3.63, 3.8) is 0 Å². The van der Waals surface area contributed by atoms with Gasteiger partial charge in [0.05, 0.1) is 22.5 Å². The minimum Gasteiger partial charge on any atom is -0.490 e. The molecule has 0 unspecified atom stereocenters. The molecule has 0 bridgehead atoms. The molecule has 220 valence electrons. The summed E-state index contributed by atoms with van der Waals surface area (Å²) in [5.74, 6) is 0.270. The molecule has 3 rings (SSSR count). The van der Waals surface area contributed by atoms with Crippen molar-refractivity contribution in [3.05, 3.63) is 76.6 Å². The number of nitrogens with one attached hydrogen (secondary N) is 4. The van der Waals surface area contributed by atoms with E-state index in [0.29, 0.717) is 23.1 Å². The zero-order chi connectivity index (χ0) is 30.2. The molecule has 3 aromatic rings. The number of anilines is 1. The highest BCUT2D eigenvalue weighted by Crippen LogP contribution is 2.40. The van der Waals surface area contributed by atoms with E-state index >= 15 is 0 Å². The maximum atomic E-state index is 13.4. The first-order valence-corrected chi connectivity index (χ1v) is 14.0. The van der Waals surface area contributed by atoms with Crippen LogP contribution in [0.5, 0.6) is 17.2 Å². The molecule has 0 saturated carbocycles. The number of benzene rings is 2. The minimum absolute atomic E-state index is 0.0103. The Bertz CT molecular complexity index is 1500. The molecule has 16 heteroatoms. The van der Waals surface area contributed by atoms with Crippen molar-refractivity contribution in [3.8, 4) is 17.2 Å². The van der Waals surface area contributed by atoms with Crippen molar-refractivity contribution in [2.45, 2.75) is 12.7 Å². The Labute approximate surface area is 238 Å². The largest absolute Gasteiger partial charge is 0.490 e. The number of amides is 3. The van der Waals surface area contributed by atoms with Crippen molar-refractivity contribution in [1.82, 2.24) is 20.3 Å². The van der Waals surface area contributed by atoms with Crippen LogP contribution in [0, 0.1) is 0 Å². The number of aromatic nitrogens is 1. The number of nitrogens with zero attached hydrogens (tertiary/aromatic N) is 1. The number of rotatable bonds is 11. The van der Waals surface area contributed by atoms with Crippen LogP contribution in [0.25, 0.3) is 0 Å². The van der Waals surface area contributed by atoms with Crippen molar-refractivity contribution in [2.24, 2.45) is 0 Å². The van der Waals surface area contributed by atoms with Crippen LogP contribution in [0.3, 0.4) is 0 Å². The van der Waals surface area contributed by atoms with E-state index < -0.39 is 32.8 Å². The second-order valence-corrected chi connectivity index (χ2v) is 10.6. The quantitative estimate of drug-likeness (QED) is 0.237. The Morgan fingerprint density at radius 2 is 1.76 bits per heavy atom. The summed E-state index contributed by atoms with van der Waals surface area (Å²) < 4.78 is 75.8. The number of ether oxygens (including phenoxy) is 2. The van der Waals surface area contributed by atoms with E-state index in [-0.39, 0.29) is 42.7 Å². The standard InChI is InChI=1S/C25H25ClF3N5O6S/c1-30-23(35)21-11-17(7-8-31-21)40-16-5-3-15(4-6-16)14-32-24(36)34-20-12-18(25(27,28)29)19(26)13-22(20)39-10-9-33-41(2,37)38/h3-8,11-13,33H,9-10,14H2,1-2H3,(H,30,35)(H2,32,34,36). The number of carbonyl (C=O) groups excluding carboxylic acids is 2. The third kappa shape index (κ3) is 9.81. The molecule has 0 fully saturated rings. The number of halogens is 4. The van der Waals surface area contributed by atoms with Crippen LogP contribution in [-0.4, -0.2) is 51.8 Å². The first-order valence-electron chi connectivity index (χ1n) is 11.7. The highest BCUT2D eigenvalue weighted by Gasteiger charge is 2.34. The molecule has 0 radical (unpaired) electrons. The van der Waals surface area contributed by atoms with Gasteiger partial charge in [0.2, 0.25) is 10.0 Å². The van der Waals surface area contributed by atoms with Crippen LogP contribution in [0.4, 0.5) is 23.7 Å². The summed E-state index contributed by atoms with van der Waals surface area (Å²) in [6.45, 7) is -0.401. The van der Waals surface area contributed by atoms with E-state index in [9.17, 15) is 31.2 Å². The molecule has 3 amide bonds. The normalized spacial score (nSPS) is 11.5. The van der Waals surface area contributed by atoms with Crippen LogP contribution in [0.2, 0.25) is 5.02 Å². The molecule has 4 N–H and O–H groups in total. The fourth-order valence-corrected chi connectivity index (χ4v) is 3.98. The predicted octanol–water partition coefficient (Wildman–Crippen LogP) is 4.16. The number of hydrogen-bond acceptors (Lipinski definition) is 7. The summed E-state index contributed by atoms with van der Waals surface area (Å²) in [5, 5.41) is 6.64. The summed E-state index contributed by atoms with van der Waals surface area (Å²) in [6, 6.07) is 10.3. The maximum absolute atomic E-state index is 13.4. The average molecular weight is 616 g/mol. The van der Waals surface area contributed by atoms with Gasteiger partial charge >= 0.3 is 12.2 Å². The number of carbonyl (C=O) groups is 2. The van der Waals surface area contributed by atoms with Gasteiger partial charge in [0.25, 0.3) is 5.91 Å². The molecule has 2 aromatic carbocycles. The van der Waals surface area contributed by atoms with E-state index in [1.165, 1.54) is 19.3 Å². The summed E-state index contributed by atoms with van der Waals surface area (Å²) in [5.41, 5.74) is -0.693. The summed E-state index contributed by atoms with van der Waals surface area (Å²) in [7, 11) is -2.03. The van der Waals surface area contributed by atoms with Crippen molar-refractivity contribution >= 4 is 39.2 Å². The summed E-state index contributed by atoms with van der Waals surface area (Å²) in [4.78, 5) is 28.2. The van der Waals surface area contributed by atoms with Crippen molar-refractivity contribution in [1.29, 1.82) is 0 Å². The first-order chi connectivity index (χ1) is 19.2. The minimum atomic E-state index is -4.80. The number of sulfonamides is 1. The number of hydrogen-bond donors (Lipinski definition) is 4. The SMILES string of the molecule is CNC(=O)c1cc(Oc2ccc(CNC(=O)Nc3cc(C(F)(F)F)c(Cl)cc3OCCNS(C)(=O)=O)cc2)ccn1. The Morgan fingerprint density at radius 1 is 1.05 bits per heavy atom. The van der Waals surface area contributed by atoms with Crippen LogP contribution >= 0.6 is 11.6 Å². The third-order valence-corrected chi connectivity index (χ3v) is 6.19. The molecule has 1 aromatic heterocycles. The third-order valence-electron chi connectivity index (χ3n) is 5.15. The lowest BCUT2D eigenvalue weighted by Crippen LogP contribution is -2.29. The lowest BCUT2D eigenvalue weighted by molar-refractivity contribution is -0.137. The second kappa shape index (κ2) is 13.5. The second-order valence-electron chi connectivity index (χ2n) is 8.35. The molecule has 41 heavy (non-hydrogen) atoms. The van der Waals surface area contributed by atoms with E-state index in [1.54, 1.807) is 30.3 Å². The molecular formula is C25H25ClF3N5O6S. The van der Waals surface area contributed by atoms with E-state index in [4.69, 9.17) is 21.1 Å². The van der Waals surface area contributed by atoms with Gasteiger partial charge in [0.15, 0.2) is 0 Å². The highest BCUT2D eigenvalue weighted by molar-refractivity contribution is 7.88. The molecule has 0 aliphatic carbocycles. The van der Waals surface area contributed by atoms with E-state index in [0.717, 1.165) is 12.3 Å². The van der Waals surface area contributed by atoms with Crippen molar-refractivity contribution < 1.29 is 40.7 Å². The average Bonchev–Trinajstić information content (AvgIpc) is 2.90. The number of pyridine rings is 1. The van der Waals surface area contributed by atoms with Gasteiger partial charge in [-0.3, -0.25) is 9.78 Å². The number of urea groups is 1. The van der Waals surface area contributed by atoms with Gasteiger partial charge in [0, 0.05) is 38.5 Å². The van der Waals surface area contributed by atoms with Gasteiger partial charge in [-0.25, -0.2) is 17.9 Å². The van der Waals surface area contributed by atoms with Crippen LogP contribution in [-0.2, 0) is 22.7 Å². The van der Waals surface area contributed by atoms with Gasteiger partial charge in [-0.15, -0.1) is 0 Å².